The largest absolute Gasteiger partial charge is 0.462 e. The number of ether oxygens (including phenoxy) is 2. The molecule has 1 saturated heterocycles. The van der Waals surface area contributed by atoms with E-state index in [-0.39, 0.29) is 30.5 Å². The summed E-state index contributed by atoms with van der Waals surface area (Å²) in [4.78, 5) is 38.1. The quantitative estimate of drug-likeness (QED) is 0.584. The molecule has 0 aliphatic carbocycles. The lowest BCUT2D eigenvalue weighted by molar-refractivity contribution is -0.899. The molecule has 1 aliphatic rings. The molecule has 2 rings (SSSR count). The molecule has 9 heteroatoms. The SMILES string of the molecule is CCOC(=O)c1c(NC(=O)C[NH+]2CCOCC2)sc(C(=O)NC)c1C. The molecule has 1 aromatic rings. The summed E-state index contributed by atoms with van der Waals surface area (Å²) in [6.45, 7) is 6.70. The van der Waals surface area contributed by atoms with Crippen molar-refractivity contribution in [3.63, 3.8) is 0 Å². The maximum absolute atomic E-state index is 12.4. The monoisotopic (exact) mass is 370 g/mol. The van der Waals surface area contributed by atoms with Crippen molar-refractivity contribution in [1.82, 2.24) is 5.32 Å². The third-order valence-electron chi connectivity index (χ3n) is 3.92. The van der Waals surface area contributed by atoms with Gasteiger partial charge in [-0.3, -0.25) is 9.59 Å². The van der Waals surface area contributed by atoms with Crippen molar-refractivity contribution in [2.24, 2.45) is 0 Å². The molecule has 8 nitrogen and oxygen atoms in total. The van der Waals surface area contributed by atoms with Gasteiger partial charge in [0.05, 0.1) is 30.3 Å². The van der Waals surface area contributed by atoms with Crippen molar-refractivity contribution >= 4 is 34.1 Å². The first-order chi connectivity index (χ1) is 12.0. The maximum Gasteiger partial charge on any atom is 0.341 e. The molecule has 0 atom stereocenters. The van der Waals surface area contributed by atoms with Crippen molar-refractivity contribution in [3.05, 3.63) is 16.0 Å². The number of thiophene rings is 1. The van der Waals surface area contributed by atoms with Gasteiger partial charge in [-0.05, 0) is 19.4 Å². The summed E-state index contributed by atoms with van der Waals surface area (Å²) >= 11 is 1.08. The van der Waals surface area contributed by atoms with Crippen LogP contribution < -0.4 is 15.5 Å². The van der Waals surface area contributed by atoms with Crippen molar-refractivity contribution < 1.29 is 28.8 Å². The average Bonchev–Trinajstić information content (AvgIpc) is 2.91. The minimum atomic E-state index is -0.541. The molecule has 2 heterocycles. The number of rotatable bonds is 6. The number of morpholine rings is 1. The number of quaternary nitrogens is 1. The first-order valence-electron chi connectivity index (χ1n) is 8.21. The van der Waals surface area contributed by atoms with E-state index in [1.54, 1.807) is 13.8 Å². The van der Waals surface area contributed by atoms with Crippen LogP contribution in [0.4, 0.5) is 5.00 Å². The zero-order valence-electron chi connectivity index (χ0n) is 14.7. The molecule has 3 N–H and O–H groups in total. The molecular formula is C16H24N3O5S+. The van der Waals surface area contributed by atoms with Crippen LogP contribution in [0.3, 0.4) is 0 Å². The van der Waals surface area contributed by atoms with Gasteiger partial charge >= 0.3 is 5.97 Å². The Kier molecular flexibility index (Phi) is 6.91. The number of nitrogens with one attached hydrogen (secondary N) is 3. The van der Waals surface area contributed by atoms with Crippen LogP contribution in [0, 0.1) is 6.92 Å². The Labute approximate surface area is 150 Å². The second kappa shape index (κ2) is 8.93. The summed E-state index contributed by atoms with van der Waals surface area (Å²) in [6.07, 6.45) is 0. The standard InChI is InChI=1S/C16H23N3O5S/c1-4-24-16(22)12-10(2)13(14(21)17-3)25-15(12)18-11(20)9-19-5-7-23-8-6-19/h4-9H2,1-3H3,(H,17,21)(H,18,20)/p+1. The predicted molar refractivity (Wildman–Crippen MR) is 93.4 cm³/mol. The van der Waals surface area contributed by atoms with Crippen LogP contribution in [0.2, 0.25) is 0 Å². The van der Waals surface area contributed by atoms with Gasteiger partial charge in [0.2, 0.25) is 0 Å². The summed E-state index contributed by atoms with van der Waals surface area (Å²) in [5.74, 6) is -1.04. The van der Waals surface area contributed by atoms with Gasteiger partial charge in [0.15, 0.2) is 6.54 Å². The zero-order valence-corrected chi connectivity index (χ0v) is 15.5. The van der Waals surface area contributed by atoms with Crippen LogP contribution in [0.15, 0.2) is 0 Å². The molecule has 0 aromatic carbocycles. The number of carbonyl (C=O) groups excluding carboxylic acids is 3. The molecule has 0 bridgehead atoms. The second-order valence-corrected chi connectivity index (χ2v) is 6.67. The van der Waals surface area contributed by atoms with Crippen LogP contribution in [0.1, 0.15) is 32.5 Å². The minimum absolute atomic E-state index is 0.202. The van der Waals surface area contributed by atoms with E-state index in [4.69, 9.17) is 9.47 Å². The van der Waals surface area contributed by atoms with Gasteiger partial charge in [0, 0.05) is 7.05 Å². The molecule has 138 valence electrons. The fourth-order valence-corrected chi connectivity index (χ4v) is 3.77. The summed E-state index contributed by atoms with van der Waals surface area (Å²) < 4.78 is 10.3. The number of esters is 1. The highest BCUT2D eigenvalue weighted by Crippen LogP contribution is 2.33. The third-order valence-corrected chi connectivity index (χ3v) is 5.13. The maximum atomic E-state index is 12.4. The van der Waals surface area contributed by atoms with Crippen molar-refractivity contribution in [1.29, 1.82) is 0 Å². The Bertz CT molecular complexity index is 652. The molecule has 0 radical (unpaired) electrons. The normalized spacial score (nSPS) is 14.8. The number of anilines is 1. The first kappa shape index (κ1) is 19.4. The smallest absolute Gasteiger partial charge is 0.341 e. The Balaban J connectivity index is 2.20. The molecular weight excluding hydrogens is 346 g/mol. The fraction of sp³-hybridized carbons (Fsp3) is 0.562. The van der Waals surface area contributed by atoms with Crippen LogP contribution in [0.25, 0.3) is 0 Å². The van der Waals surface area contributed by atoms with Crippen LogP contribution in [-0.2, 0) is 14.3 Å². The van der Waals surface area contributed by atoms with E-state index >= 15 is 0 Å². The average molecular weight is 370 g/mol. The zero-order chi connectivity index (χ0) is 18.4. The Morgan fingerprint density at radius 2 is 1.96 bits per heavy atom. The van der Waals surface area contributed by atoms with E-state index < -0.39 is 5.97 Å². The lowest BCUT2D eigenvalue weighted by Crippen LogP contribution is -3.15. The molecule has 1 aliphatic heterocycles. The van der Waals surface area contributed by atoms with Gasteiger partial charge in [0.25, 0.3) is 11.8 Å². The van der Waals surface area contributed by atoms with E-state index in [9.17, 15) is 14.4 Å². The van der Waals surface area contributed by atoms with E-state index in [0.29, 0.717) is 28.7 Å². The summed E-state index contributed by atoms with van der Waals surface area (Å²) in [7, 11) is 1.52. The van der Waals surface area contributed by atoms with Crippen LogP contribution >= 0.6 is 11.3 Å². The minimum Gasteiger partial charge on any atom is -0.462 e. The lowest BCUT2D eigenvalue weighted by Gasteiger charge is -2.23. The van der Waals surface area contributed by atoms with Crippen LogP contribution in [0.5, 0.6) is 0 Å². The third kappa shape index (κ3) is 4.77. The molecule has 25 heavy (non-hydrogen) atoms. The van der Waals surface area contributed by atoms with Gasteiger partial charge in [-0.1, -0.05) is 0 Å². The van der Waals surface area contributed by atoms with Gasteiger partial charge < -0.3 is 25.0 Å². The van der Waals surface area contributed by atoms with Crippen molar-refractivity contribution in [2.75, 3.05) is 51.8 Å². The number of hydrogen-bond acceptors (Lipinski definition) is 6. The van der Waals surface area contributed by atoms with E-state index in [0.717, 1.165) is 29.3 Å². The van der Waals surface area contributed by atoms with E-state index in [2.05, 4.69) is 10.6 Å². The molecule has 1 fully saturated rings. The van der Waals surface area contributed by atoms with E-state index in [1.807, 2.05) is 0 Å². The topological polar surface area (TPSA) is 98.2 Å². The molecule has 0 unspecified atom stereocenters. The molecule has 0 saturated carbocycles. The van der Waals surface area contributed by atoms with E-state index in [1.165, 1.54) is 7.05 Å². The Morgan fingerprint density at radius 3 is 2.56 bits per heavy atom. The summed E-state index contributed by atoms with van der Waals surface area (Å²) in [6, 6.07) is 0. The highest BCUT2D eigenvalue weighted by Gasteiger charge is 2.27. The number of hydrogen-bond donors (Lipinski definition) is 3. The van der Waals surface area contributed by atoms with Gasteiger partial charge in [-0.15, -0.1) is 11.3 Å². The lowest BCUT2D eigenvalue weighted by atomic mass is 10.1. The Hall–Kier alpha value is -1.97. The summed E-state index contributed by atoms with van der Waals surface area (Å²) in [5, 5.41) is 5.67. The molecule has 1 aromatic heterocycles. The number of amides is 2. The second-order valence-electron chi connectivity index (χ2n) is 5.65. The molecule has 2 amide bonds. The first-order valence-corrected chi connectivity index (χ1v) is 9.03. The van der Waals surface area contributed by atoms with Gasteiger partial charge in [-0.2, -0.15) is 0 Å². The van der Waals surface area contributed by atoms with Crippen LogP contribution in [-0.4, -0.2) is 64.3 Å². The predicted octanol–water partition coefficient (Wildman–Crippen LogP) is -0.554. The summed E-state index contributed by atoms with van der Waals surface area (Å²) in [5.41, 5.74) is 0.757. The Morgan fingerprint density at radius 1 is 1.28 bits per heavy atom. The van der Waals surface area contributed by atoms with Gasteiger partial charge in [0.1, 0.15) is 18.1 Å². The highest BCUT2D eigenvalue weighted by atomic mass is 32.1. The van der Waals surface area contributed by atoms with Crippen molar-refractivity contribution in [2.45, 2.75) is 13.8 Å². The molecule has 0 spiro atoms. The fourth-order valence-electron chi connectivity index (χ4n) is 2.62. The van der Waals surface area contributed by atoms with Gasteiger partial charge in [-0.25, -0.2) is 4.79 Å². The number of carbonyl (C=O) groups is 3. The van der Waals surface area contributed by atoms with Crippen molar-refractivity contribution in [3.8, 4) is 0 Å². The highest BCUT2D eigenvalue weighted by molar-refractivity contribution is 7.18.